The average Bonchev–Trinajstić information content (AvgIpc) is 3.15. The summed E-state index contributed by atoms with van der Waals surface area (Å²) in [5, 5.41) is 6.75. The summed E-state index contributed by atoms with van der Waals surface area (Å²) >= 11 is 5.96. The van der Waals surface area contributed by atoms with Crippen LogP contribution in [-0.4, -0.2) is 10.6 Å². The Bertz CT molecular complexity index is 962. The number of nitrogens with zero attached hydrogens (tertiary/aromatic N) is 1. The highest BCUT2D eigenvalue weighted by Gasteiger charge is 2.14. The van der Waals surface area contributed by atoms with Gasteiger partial charge in [0, 0.05) is 29.1 Å². The molecule has 0 aliphatic heterocycles. The quantitative estimate of drug-likeness (QED) is 0.599. The van der Waals surface area contributed by atoms with E-state index >= 15 is 0 Å². The van der Waals surface area contributed by atoms with Crippen LogP contribution in [0.25, 0.3) is 0 Å². The smallest absolute Gasteiger partial charge is 0.319 e. The monoisotopic (exact) mass is 393 g/mol. The Balaban J connectivity index is 1.37. The third-order valence-corrected chi connectivity index (χ3v) is 5.52. The van der Waals surface area contributed by atoms with Crippen molar-refractivity contribution < 1.29 is 4.79 Å². The highest BCUT2D eigenvalue weighted by molar-refractivity contribution is 6.30. The Morgan fingerprint density at radius 2 is 1.82 bits per heavy atom. The summed E-state index contributed by atoms with van der Waals surface area (Å²) in [6.45, 7) is 1.22. The van der Waals surface area contributed by atoms with Gasteiger partial charge in [0.15, 0.2) is 0 Å². The molecule has 28 heavy (non-hydrogen) atoms. The molecule has 0 saturated carbocycles. The fraction of sp³-hybridized carbons (Fsp3) is 0.261. The minimum absolute atomic E-state index is 0.168. The molecule has 4 nitrogen and oxygen atoms in total. The summed E-state index contributed by atoms with van der Waals surface area (Å²) in [6, 6.07) is 17.9. The van der Waals surface area contributed by atoms with E-state index in [0.717, 1.165) is 35.8 Å². The number of urea groups is 1. The van der Waals surface area contributed by atoms with E-state index < -0.39 is 0 Å². The van der Waals surface area contributed by atoms with Gasteiger partial charge in [-0.25, -0.2) is 4.79 Å². The van der Waals surface area contributed by atoms with Crippen molar-refractivity contribution in [1.29, 1.82) is 0 Å². The van der Waals surface area contributed by atoms with Crippen molar-refractivity contribution in [2.24, 2.45) is 0 Å². The standard InChI is InChI=1S/C23H24ClN3O/c24-19-12-10-17(11-13-19)16-27-14-4-7-20(27)15-25-23(28)26-22-9-3-6-18-5-1-2-8-21(18)22/h3-4,6-7,9-14H,1-2,5,8,15-16H2,(H2,25,26,28). The largest absolute Gasteiger partial charge is 0.345 e. The SMILES string of the molecule is O=C(NCc1cccn1Cc1ccc(Cl)cc1)Nc1cccc2c1CCCC2. The maximum Gasteiger partial charge on any atom is 0.319 e. The summed E-state index contributed by atoms with van der Waals surface area (Å²) in [5.74, 6) is 0. The van der Waals surface area contributed by atoms with Crippen LogP contribution in [0.3, 0.4) is 0 Å². The Hall–Kier alpha value is -2.72. The second-order valence-electron chi connectivity index (χ2n) is 7.21. The van der Waals surface area contributed by atoms with E-state index in [2.05, 4.69) is 21.3 Å². The molecule has 0 bridgehead atoms. The topological polar surface area (TPSA) is 46.1 Å². The van der Waals surface area contributed by atoms with Gasteiger partial charge in [0.2, 0.25) is 0 Å². The fourth-order valence-corrected chi connectivity index (χ4v) is 3.91. The predicted molar refractivity (Wildman–Crippen MR) is 114 cm³/mol. The van der Waals surface area contributed by atoms with Crippen molar-refractivity contribution in [3.05, 3.63) is 88.2 Å². The molecule has 144 valence electrons. The Morgan fingerprint density at radius 1 is 1.00 bits per heavy atom. The number of hydrogen-bond acceptors (Lipinski definition) is 1. The summed E-state index contributed by atoms with van der Waals surface area (Å²) in [7, 11) is 0. The van der Waals surface area contributed by atoms with Gasteiger partial charge in [0.05, 0.1) is 6.54 Å². The number of amides is 2. The number of anilines is 1. The molecule has 2 N–H and O–H groups in total. The highest BCUT2D eigenvalue weighted by Crippen LogP contribution is 2.27. The molecule has 0 saturated heterocycles. The normalized spacial score (nSPS) is 13.0. The summed E-state index contributed by atoms with van der Waals surface area (Å²) in [4.78, 5) is 12.5. The van der Waals surface area contributed by atoms with Crippen LogP contribution in [0.1, 0.15) is 35.2 Å². The van der Waals surface area contributed by atoms with E-state index in [9.17, 15) is 4.79 Å². The molecule has 0 radical (unpaired) electrons. The van der Waals surface area contributed by atoms with Crippen molar-refractivity contribution in [1.82, 2.24) is 9.88 Å². The molecule has 0 spiro atoms. The van der Waals surface area contributed by atoms with E-state index in [1.807, 2.05) is 54.7 Å². The van der Waals surface area contributed by atoms with E-state index in [0.29, 0.717) is 6.54 Å². The minimum Gasteiger partial charge on any atom is -0.345 e. The van der Waals surface area contributed by atoms with Crippen LogP contribution in [-0.2, 0) is 25.9 Å². The molecule has 2 amide bonds. The second-order valence-corrected chi connectivity index (χ2v) is 7.65. The maximum absolute atomic E-state index is 12.5. The van der Waals surface area contributed by atoms with Crippen molar-refractivity contribution in [2.45, 2.75) is 38.8 Å². The first-order valence-electron chi connectivity index (χ1n) is 9.73. The molecular formula is C23H24ClN3O. The van der Waals surface area contributed by atoms with Gasteiger partial charge in [-0.15, -0.1) is 0 Å². The number of aromatic nitrogens is 1. The lowest BCUT2D eigenvalue weighted by Crippen LogP contribution is -2.29. The molecule has 2 aromatic carbocycles. The van der Waals surface area contributed by atoms with E-state index in [1.54, 1.807) is 0 Å². The van der Waals surface area contributed by atoms with Crippen LogP contribution in [0.2, 0.25) is 5.02 Å². The molecule has 0 unspecified atom stereocenters. The molecule has 5 heteroatoms. The zero-order chi connectivity index (χ0) is 19.3. The average molecular weight is 394 g/mol. The number of fused-ring (bicyclic) bond motifs is 1. The van der Waals surface area contributed by atoms with Gasteiger partial charge < -0.3 is 15.2 Å². The predicted octanol–water partition coefficient (Wildman–Crippen LogP) is 5.39. The molecule has 1 heterocycles. The minimum atomic E-state index is -0.168. The first kappa shape index (κ1) is 18.6. The van der Waals surface area contributed by atoms with Gasteiger partial charge in [-0.05, 0) is 72.7 Å². The number of carbonyl (C=O) groups excluding carboxylic acids is 1. The van der Waals surface area contributed by atoms with Gasteiger partial charge >= 0.3 is 6.03 Å². The third kappa shape index (κ3) is 4.39. The number of nitrogens with one attached hydrogen (secondary N) is 2. The lowest BCUT2D eigenvalue weighted by atomic mass is 9.90. The van der Waals surface area contributed by atoms with Crippen LogP contribution < -0.4 is 10.6 Å². The van der Waals surface area contributed by atoms with Crippen LogP contribution in [0.15, 0.2) is 60.8 Å². The lowest BCUT2D eigenvalue weighted by molar-refractivity contribution is 0.251. The van der Waals surface area contributed by atoms with E-state index in [1.165, 1.54) is 29.5 Å². The molecular weight excluding hydrogens is 370 g/mol. The van der Waals surface area contributed by atoms with Gasteiger partial charge in [-0.1, -0.05) is 35.9 Å². The molecule has 0 fully saturated rings. The van der Waals surface area contributed by atoms with Gasteiger partial charge in [0.25, 0.3) is 0 Å². The zero-order valence-corrected chi connectivity index (χ0v) is 16.5. The Labute approximate surface area is 170 Å². The lowest BCUT2D eigenvalue weighted by Gasteiger charge is -2.19. The Kier molecular flexibility index (Phi) is 5.68. The van der Waals surface area contributed by atoms with Crippen LogP contribution >= 0.6 is 11.6 Å². The number of halogens is 1. The number of aryl methyl sites for hydroxylation is 1. The number of carbonyl (C=O) groups is 1. The Morgan fingerprint density at radius 3 is 2.68 bits per heavy atom. The molecule has 0 atom stereocenters. The van der Waals surface area contributed by atoms with E-state index in [4.69, 9.17) is 11.6 Å². The molecule has 3 aromatic rings. The fourth-order valence-electron chi connectivity index (χ4n) is 3.79. The van der Waals surface area contributed by atoms with Crippen LogP contribution in [0.5, 0.6) is 0 Å². The number of rotatable bonds is 5. The van der Waals surface area contributed by atoms with Crippen LogP contribution in [0.4, 0.5) is 10.5 Å². The molecule has 1 aliphatic rings. The zero-order valence-electron chi connectivity index (χ0n) is 15.7. The molecule has 4 rings (SSSR count). The molecule has 1 aliphatic carbocycles. The van der Waals surface area contributed by atoms with Gasteiger partial charge in [0.1, 0.15) is 0 Å². The summed E-state index contributed by atoms with van der Waals surface area (Å²) in [5.41, 5.74) is 5.81. The number of benzene rings is 2. The number of hydrogen-bond donors (Lipinski definition) is 2. The summed E-state index contributed by atoms with van der Waals surface area (Å²) < 4.78 is 2.13. The second kappa shape index (κ2) is 8.53. The van der Waals surface area contributed by atoms with Crippen LogP contribution in [0, 0.1) is 0 Å². The van der Waals surface area contributed by atoms with E-state index in [-0.39, 0.29) is 6.03 Å². The highest BCUT2D eigenvalue weighted by atomic mass is 35.5. The van der Waals surface area contributed by atoms with Crippen molar-refractivity contribution in [3.8, 4) is 0 Å². The maximum atomic E-state index is 12.5. The van der Waals surface area contributed by atoms with Crippen molar-refractivity contribution in [3.63, 3.8) is 0 Å². The van der Waals surface area contributed by atoms with Gasteiger partial charge in [-0.3, -0.25) is 0 Å². The molecule has 1 aromatic heterocycles. The van der Waals surface area contributed by atoms with Crippen molar-refractivity contribution >= 4 is 23.3 Å². The third-order valence-electron chi connectivity index (χ3n) is 5.26. The summed E-state index contributed by atoms with van der Waals surface area (Å²) in [6.07, 6.45) is 6.58. The first-order valence-corrected chi connectivity index (χ1v) is 10.1. The van der Waals surface area contributed by atoms with Crippen molar-refractivity contribution in [2.75, 3.05) is 5.32 Å². The first-order chi connectivity index (χ1) is 13.7. The van der Waals surface area contributed by atoms with Gasteiger partial charge in [-0.2, -0.15) is 0 Å².